The molecule has 3 saturated carbocycles. The molecule has 0 radical (unpaired) electrons. The molecule has 11 heteroatoms. The first kappa shape index (κ1) is 41.2. The highest BCUT2D eigenvalue weighted by molar-refractivity contribution is 5.86. The van der Waals surface area contributed by atoms with Crippen molar-refractivity contribution < 1.29 is 29.4 Å². The molecule has 5 atom stereocenters. The Morgan fingerprint density at radius 1 is 0.714 bits per heavy atom. The minimum atomic E-state index is -0.941. The van der Waals surface area contributed by atoms with Crippen molar-refractivity contribution in [1.29, 1.82) is 0 Å². The molecule has 0 bridgehead atoms. The summed E-state index contributed by atoms with van der Waals surface area (Å²) in [6.07, 6.45) is 12.1. The van der Waals surface area contributed by atoms with E-state index < -0.39 is 29.9 Å². The Bertz CT molecular complexity index is 1020. The first-order valence-electron chi connectivity index (χ1n) is 19.7. The van der Waals surface area contributed by atoms with Gasteiger partial charge in [-0.3, -0.25) is 24.6 Å². The summed E-state index contributed by atoms with van der Waals surface area (Å²) in [5.74, 6) is -1.40. The summed E-state index contributed by atoms with van der Waals surface area (Å²) in [5, 5.41) is 27.0. The molecule has 0 aromatic carbocycles. The summed E-state index contributed by atoms with van der Waals surface area (Å²) >= 11 is 0. The Labute approximate surface area is 296 Å². The molecule has 5 unspecified atom stereocenters. The number of carbonyl (C=O) groups is 4. The predicted octanol–water partition coefficient (Wildman–Crippen LogP) is 4.26. The van der Waals surface area contributed by atoms with Crippen LogP contribution < -0.4 is 10.7 Å². The van der Waals surface area contributed by atoms with Gasteiger partial charge in [-0.15, -0.1) is 0 Å². The lowest BCUT2D eigenvalue weighted by molar-refractivity contribution is -0.143. The van der Waals surface area contributed by atoms with E-state index in [9.17, 15) is 29.4 Å². The van der Waals surface area contributed by atoms with Crippen LogP contribution in [0.3, 0.4) is 0 Å². The zero-order chi connectivity index (χ0) is 35.9. The van der Waals surface area contributed by atoms with Crippen molar-refractivity contribution in [2.45, 2.75) is 148 Å². The quantitative estimate of drug-likeness (QED) is 0.158. The molecule has 0 aromatic heterocycles. The molecule has 4 amide bonds. The van der Waals surface area contributed by atoms with Crippen molar-refractivity contribution in [1.82, 2.24) is 25.6 Å². The van der Waals surface area contributed by atoms with Gasteiger partial charge >= 0.3 is 0 Å². The number of nitrogens with one attached hydrogen (secondary N) is 2. The summed E-state index contributed by atoms with van der Waals surface area (Å²) in [5.41, 5.74) is 3.12. The monoisotopic (exact) mass is 692 g/mol. The number of nitrogens with zero attached hydrogens (tertiary/aromatic N) is 3. The number of aliphatic hydroxyl groups excluding tert-OH is 2. The van der Waals surface area contributed by atoms with Gasteiger partial charge in [0, 0.05) is 63.9 Å². The van der Waals surface area contributed by atoms with Crippen LogP contribution in [0.4, 0.5) is 0 Å². The second kappa shape index (κ2) is 21.2. The van der Waals surface area contributed by atoms with Gasteiger partial charge in [-0.25, -0.2) is 5.01 Å². The largest absolute Gasteiger partial charge is 0.393 e. The molecule has 49 heavy (non-hydrogen) atoms. The van der Waals surface area contributed by atoms with Crippen LogP contribution in [0.5, 0.6) is 0 Å². The maximum atomic E-state index is 14.2. The van der Waals surface area contributed by atoms with E-state index in [1.54, 1.807) is 19.0 Å². The molecule has 0 saturated heterocycles. The Hall–Kier alpha value is -2.24. The van der Waals surface area contributed by atoms with Gasteiger partial charge in [0.25, 0.3) is 0 Å². The SMILES string of the molecule is CCCCN(CC(O)C(CC1CCC(O)CC1)NC(=O)C1CC(C(=O)N(C)C)CC(C(=O)N(CCC)CCC)C1)NC(=O)C1CCCCC1. The lowest BCUT2D eigenvalue weighted by Crippen LogP contribution is -2.55. The number of hydrogen-bond acceptors (Lipinski definition) is 7. The molecular weight excluding hydrogens is 622 g/mol. The molecule has 282 valence electrons. The highest BCUT2D eigenvalue weighted by Crippen LogP contribution is 2.36. The number of hydrazine groups is 1. The van der Waals surface area contributed by atoms with Crippen molar-refractivity contribution >= 4 is 23.6 Å². The predicted molar refractivity (Wildman–Crippen MR) is 192 cm³/mol. The lowest BCUT2D eigenvalue weighted by atomic mass is 9.73. The molecule has 3 aliphatic rings. The van der Waals surface area contributed by atoms with Gasteiger partial charge in [-0.1, -0.05) is 46.5 Å². The number of carbonyl (C=O) groups excluding carboxylic acids is 4. The lowest BCUT2D eigenvalue weighted by Gasteiger charge is -2.38. The Morgan fingerprint density at radius 3 is 1.88 bits per heavy atom. The summed E-state index contributed by atoms with van der Waals surface area (Å²) in [6, 6.07) is -0.570. The van der Waals surface area contributed by atoms with Gasteiger partial charge in [-0.05, 0) is 89.4 Å². The van der Waals surface area contributed by atoms with E-state index in [4.69, 9.17) is 0 Å². The van der Waals surface area contributed by atoms with E-state index >= 15 is 0 Å². The van der Waals surface area contributed by atoms with E-state index in [-0.39, 0.29) is 48.1 Å². The van der Waals surface area contributed by atoms with Crippen molar-refractivity contribution in [2.75, 3.05) is 40.3 Å². The average Bonchev–Trinajstić information content (AvgIpc) is 3.10. The summed E-state index contributed by atoms with van der Waals surface area (Å²) in [6.45, 7) is 8.30. The molecular formula is C38H69N5O6. The average molecular weight is 692 g/mol. The van der Waals surface area contributed by atoms with E-state index in [1.165, 1.54) is 0 Å². The van der Waals surface area contributed by atoms with Crippen LogP contribution in [0.25, 0.3) is 0 Å². The van der Waals surface area contributed by atoms with Crippen LogP contribution in [0.15, 0.2) is 0 Å². The van der Waals surface area contributed by atoms with Crippen LogP contribution in [0.1, 0.15) is 130 Å². The number of aliphatic hydroxyl groups is 2. The molecule has 0 heterocycles. The van der Waals surface area contributed by atoms with E-state index in [1.807, 2.05) is 9.91 Å². The van der Waals surface area contributed by atoms with Crippen molar-refractivity contribution in [2.24, 2.45) is 29.6 Å². The number of rotatable bonds is 18. The smallest absolute Gasteiger partial charge is 0.237 e. The van der Waals surface area contributed by atoms with Crippen molar-refractivity contribution in [3.05, 3.63) is 0 Å². The number of unbranched alkanes of at least 4 members (excludes halogenated alkanes) is 1. The van der Waals surface area contributed by atoms with Crippen LogP contribution in [0, 0.1) is 29.6 Å². The third-order valence-electron chi connectivity index (χ3n) is 11.1. The fourth-order valence-electron chi connectivity index (χ4n) is 8.29. The molecule has 11 nitrogen and oxygen atoms in total. The van der Waals surface area contributed by atoms with Crippen molar-refractivity contribution in [3.63, 3.8) is 0 Å². The van der Waals surface area contributed by atoms with Crippen LogP contribution in [-0.4, -0.2) is 107 Å². The number of hydrogen-bond donors (Lipinski definition) is 4. The molecule has 0 spiro atoms. The van der Waals surface area contributed by atoms with Gasteiger partial charge in [0.05, 0.1) is 18.2 Å². The Morgan fingerprint density at radius 2 is 1.31 bits per heavy atom. The standard InChI is InChI=1S/C38H69N5O6/c1-6-9-21-43(40-36(47)28-13-11-10-12-14-28)26-34(45)33(22-27-15-17-32(44)18-16-27)39-35(46)29-23-30(37(48)41(4)5)25-31(24-29)38(49)42(19-7-2)20-8-3/h27-34,44-45H,6-26H2,1-5H3,(H,39,46)(H,40,47). The van der Waals surface area contributed by atoms with Crippen molar-refractivity contribution in [3.8, 4) is 0 Å². The van der Waals surface area contributed by atoms with E-state index in [0.717, 1.165) is 70.6 Å². The normalized spacial score (nSPS) is 26.1. The summed E-state index contributed by atoms with van der Waals surface area (Å²) in [4.78, 5) is 57.9. The minimum Gasteiger partial charge on any atom is -0.393 e. The summed E-state index contributed by atoms with van der Waals surface area (Å²) in [7, 11) is 3.43. The zero-order valence-corrected chi connectivity index (χ0v) is 31.3. The molecule has 3 rings (SSSR count). The second-order valence-corrected chi connectivity index (χ2v) is 15.6. The van der Waals surface area contributed by atoms with Gasteiger partial charge in [0.15, 0.2) is 0 Å². The Kier molecular flexibility index (Phi) is 17.8. The third kappa shape index (κ3) is 13.1. The van der Waals surface area contributed by atoms with E-state index in [2.05, 4.69) is 31.5 Å². The van der Waals surface area contributed by atoms with Gasteiger partial charge in [0.1, 0.15) is 0 Å². The maximum absolute atomic E-state index is 14.2. The number of amides is 4. The molecule has 3 fully saturated rings. The van der Waals surface area contributed by atoms with Gasteiger partial charge in [-0.2, -0.15) is 0 Å². The van der Waals surface area contributed by atoms with Crippen LogP contribution >= 0.6 is 0 Å². The third-order valence-corrected chi connectivity index (χ3v) is 11.1. The second-order valence-electron chi connectivity index (χ2n) is 15.6. The van der Waals surface area contributed by atoms with Gasteiger partial charge < -0.3 is 25.3 Å². The highest BCUT2D eigenvalue weighted by atomic mass is 16.3. The molecule has 0 aromatic rings. The fourth-order valence-corrected chi connectivity index (χ4v) is 8.29. The van der Waals surface area contributed by atoms with Crippen LogP contribution in [-0.2, 0) is 19.2 Å². The minimum absolute atomic E-state index is 0.00968. The van der Waals surface area contributed by atoms with E-state index in [0.29, 0.717) is 58.2 Å². The molecule has 4 N–H and O–H groups in total. The molecule has 3 aliphatic carbocycles. The zero-order valence-electron chi connectivity index (χ0n) is 31.3. The first-order valence-corrected chi connectivity index (χ1v) is 19.7. The maximum Gasteiger partial charge on any atom is 0.237 e. The first-order chi connectivity index (χ1) is 23.5. The Balaban J connectivity index is 1.80. The molecule has 0 aliphatic heterocycles. The fraction of sp³-hybridized carbons (Fsp3) is 0.895. The van der Waals surface area contributed by atoms with Gasteiger partial charge in [0.2, 0.25) is 23.6 Å². The highest BCUT2D eigenvalue weighted by Gasteiger charge is 2.42. The summed E-state index contributed by atoms with van der Waals surface area (Å²) < 4.78 is 0. The van der Waals surface area contributed by atoms with Crippen LogP contribution in [0.2, 0.25) is 0 Å². The topological polar surface area (TPSA) is 143 Å².